The number of halogens is 1. The summed E-state index contributed by atoms with van der Waals surface area (Å²) in [5, 5.41) is 0. The SMILES string of the molecule is Cc1ccccc1C[n+]1ccn([C@H]2CC[C@@H](C(C(N)=O)(c3ccccc3)c3ccccc3)C2)c1C.[Br-]. The van der Waals surface area contributed by atoms with Crippen molar-refractivity contribution in [3.05, 3.63) is 125 Å². The summed E-state index contributed by atoms with van der Waals surface area (Å²) < 4.78 is 4.73. The van der Waals surface area contributed by atoms with Gasteiger partial charge in [-0.05, 0) is 54.4 Å². The van der Waals surface area contributed by atoms with Crippen LogP contribution in [0.3, 0.4) is 0 Å². The van der Waals surface area contributed by atoms with Crippen molar-refractivity contribution in [3.8, 4) is 0 Å². The van der Waals surface area contributed by atoms with Gasteiger partial charge in [0.05, 0.1) is 0 Å². The zero-order valence-electron chi connectivity index (χ0n) is 21.0. The summed E-state index contributed by atoms with van der Waals surface area (Å²) in [6.45, 7) is 5.22. The van der Waals surface area contributed by atoms with Crippen molar-refractivity contribution in [3.63, 3.8) is 0 Å². The maximum absolute atomic E-state index is 13.4. The van der Waals surface area contributed by atoms with Gasteiger partial charge in [-0.15, -0.1) is 0 Å². The van der Waals surface area contributed by atoms with Crippen molar-refractivity contribution in [2.45, 2.75) is 51.1 Å². The quantitative estimate of drug-likeness (QED) is 0.357. The number of hydrogen-bond acceptors (Lipinski definition) is 1. The van der Waals surface area contributed by atoms with Crippen molar-refractivity contribution in [2.75, 3.05) is 0 Å². The Morgan fingerprint density at radius 2 is 1.50 bits per heavy atom. The van der Waals surface area contributed by atoms with Crippen molar-refractivity contribution in [2.24, 2.45) is 11.7 Å². The van der Waals surface area contributed by atoms with Crippen LogP contribution in [0.25, 0.3) is 0 Å². The van der Waals surface area contributed by atoms with Gasteiger partial charge in [-0.25, -0.2) is 9.13 Å². The molecule has 0 bridgehead atoms. The largest absolute Gasteiger partial charge is 1.00 e. The van der Waals surface area contributed by atoms with Crippen LogP contribution in [0.4, 0.5) is 0 Å². The number of imidazole rings is 1. The zero-order valence-corrected chi connectivity index (χ0v) is 22.6. The molecule has 0 spiro atoms. The Kier molecular flexibility index (Phi) is 7.79. The first-order chi connectivity index (χ1) is 17.0. The van der Waals surface area contributed by atoms with E-state index in [4.69, 9.17) is 5.73 Å². The van der Waals surface area contributed by atoms with Crippen molar-refractivity contribution >= 4 is 5.91 Å². The maximum atomic E-state index is 13.4. The van der Waals surface area contributed by atoms with Gasteiger partial charge in [0.2, 0.25) is 5.91 Å². The number of nitrogens with zero attached hydrogens (tertiary/aromatic N) is 2. The molecule has 0 unspecified atom stereocenters. The van der Waals surface area contributed by atoms with E-state index in [-0.39, 0.29) is 28.8 Å². The van der Waals surface area contributed by atoms with Gasteiger partial charge in [-0.1, -0.05) is 84.9 Å². The predicted molar refractivity (Wildman–Crippen MR) is 139 cm³/mol. The highest BCUT2D eigenvalue weighted by molar-refractivity contribution is 5.91. The lowest BCUT2D eigenvalue weighted by Crippen LogP contribution is -3.00. The number of aromatic nitrogens is 2. The van der Waals surface area contributed by atoms with Crippen LogP contribution in [0.5, 0.6) is 0 Å². The van der Waals surface area contributed by atoms with Gasteiger partial charge in [-0.2, -0.15) is 0 Å². The molecule has 4 nitrogen and oxygen atoms in total. The summed E-state index contributed by atoms with van der Waals surface area (Å²) in [4.78, 5) is 13.4. The third-order valence-corrected chi connectivity index (χ3v) is 8.06. The van der Waals surface area contributed by atoms with Crippen molar-refractivity contribution in [1.82, 2.24) is 4.57 Å². The van der Waals surface area contributed by atoms with Crippen LogP contribution in [-0.2, 0) is 16.8 Å². The van der Waals surface area contributed by atoms with Gasteiger partial charge >= 0.3 is 0 Å². The van der Waals surface area contributed by atoms with Crippen molar-refractivity contribution in [1.29, 1.82) is 0 Å². The van der Waals surface area contributed by atoms with E-state index in [1.807, 2.05) is 36.4 Å². The van der Waals surface area contributed by atoms with Crippen LogP contribution in [-0.4, -0.2) is 10.5 Å². The Labute approximate surface area is 224 Å². The molecular formula is C31H34BrN3O. The van der Waals surface area contributed by atoms with Gasteiger partial charge in [0, 0.05) is 6.92 Å². The molecule has 2 atom stereocenters. The lowest BCUT2D eigenvalue weighted by atomic mass is 9.64. The molecule has 1 aromatic heterocycles. The lowest BCUT2D eigenvalue weighted by Gasteiger charge is -2.37. The van der Waals surface area contributed by atoms with Crippen molar-refractivity contribution < 1.29 is 26.3 Å². The van der Waals surface area contributed by atoms with Gasteiger partial charge in [0.25, 0.3) is 5.82 Å². The molecule has 0 radical (unpaired) electrons. The summed E-state index contributed by atoms with van der Waals surface area (Å²) in [6.07, 6.45) is 7.28. The van der Waals surface area contributed by atoms with E-state index in [2.05, 4.69) is 83.9 Å². The second kappa shape index (κ2) is 10.8. The second-order valence-corrected chi connectivity index (χ2v) is 9.88. The number of primary amides is 1. The Hall–Kier alpha value is -3.18. The Morgan fingerprint density at radius 1 is 0.917 bits per heavy atom. The van der Waals surface area contributed by atoms with Crippen LogP contribution in [0.2, 0.25) is 0 Å². The maximum Gasteiger partial charge on any atom is 0.253 e. The van der Waals surface area contributed by atoms with E-state index in [0.717, 1.165) is 36.9 Å². The number of aryl methyl sites for hydroxylation is 1. The molecule has 0 saturated heterocycles. The molecule has 36 heavy (non-hydrogen) atoms. The van der Waals surface area contributed by atoms with Crippen LogP contribution in [0.1, 0.15) is 53.4 Å². The highest BCUT2D eigenvalue weighted by atomic mass is 79.9. The Morgan fingerprint density at radius 3 is 2.08 bits per heavy atom. The van der Waals surface area contributed by atoms with E-state index in [9.17, 15) is 4.79 Å². The highest BCUT2D eigenvalue weighted by Gasteiger charge is 2.51. The summed E-state index contributed by atoms with van der Waals surface area (Å²) in [5.41, 5.74) is 10.1. The standard InChI is InChI=1S/C31H33N3O.BrH/c1-23-11-9-10-12-25(23)22-33-19-20-34(24(33)2)29-18-17-28(21-29)31(30(32)35,26-13-5-3-6-14-26)27-15-7-4-8-16-27;/h3-16,19-20,28-29H,17-18,21-22H2,1-2H3,(H-,32,35);1H/t28-,29+;/m1./s1. The summed E-state index contributed by atoms with van der Waals surface area (Å²) >= 11 is 0. The third-order valence-electron chi connectivity index (χ3n) is 8.06. The number of carbonyl (C=O) groups is 1. The minimum atomic E-state index is -0.838. The van der Waals surface area contributed by atoms with E-state index < -0.39 is 5.41 Å². The fraction of sp³-hybridized carbons (Fsp3) is 0.290. The first kappa shape index (κ1) is 25.9. The Balaban J connectivity index is 0.00000304. The zero-order chi connectivity index (χ0) is 24.4. The van der Waals surface area contributed by atoms with Crippen LogP contribution >= 0.6 is 0 Å². The van der Waals surface area contributed by atoms with Gasteiger partial charge < -0.3 is 22.7 Å². The molecule has 3 aromatic carbocycles. The topological polar surface area (TPSA) is 51.9 Å². The minimum Gasteiger partial charge on any atom is -1.00 e. The van der Waals surface area contributed by atoms with E-state index in [1.54, 1.807) is 0 Å². The molecule has 1 aliphatic rings. The number of benzene rings is 3. The third kappa shape index (κ3) is 4.53. The molecule has 2 N–H and O–H groups in total. The van der Waals surface area contributed by atoms with E-state index >= 15 is 0 Å². The average Bonchev–Trinajstić information content (AvgIpc) is 3.49. The smallest absolute Gasteiger partial charge is 0.253 e. The summed E-state index contributed by atoms with van der Waals surface area (Å²) in [7, 11) is 0. The number of amides is 1. The molecule has 1 saturated carbocycles. The highest BCUT2D eigenvalue weighted by Crippen LogP contribution is 2.49. The van der Waals surface area contributed by atoms with Gasteiger partial charge in [-0.3, -0.25) is 4.79 Å². The molecule has 4 aromatic rings. The Bertz CT molecular complexity index is 1280. The summed E-state index contributed by atoms with van der Waals surface area (Å²) in [6, 6.07) is 29.1. The molecule has 1 heterocycles. The molecule has 1 fully saturated rings. The molecule has 5 rings (SSSR count). The fourth-order valence-corrected chi connectivity index (χ4v) is 6.17. The predicted octanol–water partition coefficient (Wildman–Crippen LogP) is 2.26. The van der Waals surface area contributed by atoms with E-state index in [1.165, 1.54) is 17.0 Å². The molecule has 1 amide bonds. The molecule has 1 aliphatic carbocycles. The van der Waals surface area contributed by atoms with Crippen LogP contribution < -0.4 is 27.3 Å². The second-order valence-electron chi connectivity index (χ2n) is 9.88. The monoisotopic (exact) mass is 543 g/mol. The fourth-order valence-electron chi connectivity index (χ4n) is 6.17. The number of nitrogens with two attached hydrogens (primary N) is 1. The first-order valence-corrected chi connectivity index (χ1v) is 12.5. The van der Waals surface area contributed by atoms with Gasteiger partial charge in [0.1, 0.15) is 30.4 Å². The normalized spacial score (nSPS) is 17.5. The molecular weight excluding hydrogens is 510 g/mol. The molecule has 5 heteroatoms. The number of rotatable bonds is 7. The van der Waals surface area contributed by atoms with Crippen LogP contribution in [0.15, 0.2) is 97.3 Å². The van der Waals surface area contributed by atoms with Gasteiger partial charge in [0.15, 0.2) is 0 Å². The lowest BCUT2D eigenvalue weighted by molar-refractivity contribution is -0.694. The van der Waals surface area contributed by atoms with Crippen LogP contribution in [0, 0.1) is 19.8 Å². The number of hydrogen-bond donors (Lipinski definition) is 1. The van der Waals surface area contributed by atoms with E-state index in [0.29, 0.717) is 6.04 Å². The summed E-state index contributed by atoms with van der Waals surface area (Å²) in [5.74, 6) is 1.10. The first-order valence-electron chi connectivity index (χ1n) is 12.5. The molecule has 0 aliphatic heterocycles. The minimum absolute atomic E-state index is 0. The number of carbonyl (C=O) groups excluding carboxylic acids is 1. The molecule has 186 valence electrons. The average molecular weight is 545 g/mol.